The van der Waals surface area contributed by atoms with Crippen LogP contribution < -0.4 is 0 Å². The molecule has 0 aromatic heterocycles. The van der Waals surface area contributed by atoms with Crippen molar-refractivity contribution < 1.29 is 9.66 Å². The summed E-state index contributed by atoms with van der Waals surface area (Å²) in [5.74, 6) is 1.65. The van der Waals surface area contributed by atoms with Gasteiger partial charge in [-0.2, -0.15) is 0 Å². The second kappa shape index (κ2) is 2.44. The van der Waals surface area contributed by atoms with Crippen LogP contribution >= 0.6 is 0 Å². The van der Waals surface area contributed by atoms with Crippen molar-refractivity contribution in [3.8, 4) is 0 Å². The first kappa shape index (κ1) is 7.03. The second-order valence-electron chi connectivity index (χ2n) is 3.25. The smallest absolute Gasteiger partial charge is 0.214 e. The Morgan fingerprint density at radius 3 is 3.09 bits per heavy atom. The fourth-order valence-corrected chi connectivity index (χ4v) is 1.90. The van der Waals surface area contributed by atoms with E-state index in [4.69, 9.17) is 4.74 Å². The number of nitro groups is 1. The molecule has 2 rings (SSSR count). The maximum absolute atomic E-state index is 10.4. The molecule has 0 amide bonds. The Morgan fingerprint density at radius 2 is 2.45 bits per heavy atom. The molecule has 2 unspecified atom stereocenters. The number of hydrogen-bond acceptors (Lipinski definition) is 3. The molecule has 2 fully saturated rings. The summed E-state index contributed by atoms with van der Waals surface area (Å²) in [5, 5.41) is 10.4. The summed E-state index contributed by atoms with van der Waals surface area (Å²) in [7, 11) is 0. The van der Waals surface area contributed by atoms with Gasteiger partial charge in [-0.3, -0.25) is 10.1 Å². The van der Waals surface area contributed by atoms with Crippen LogP contribution in [0.15, 0.2) is 0 Å². The van der Waals surface area contributed by atoms with Gasteiger partial charge in [0, 0.05) is 23.7 Å². The molecule has 2 atom stereocenters. The van der Waals surface area contributed by atoms with Gasteiger partial charge in [0.15, 0.2) is 0 Å². The van der Waals surface area contributed by atoms with Gasteiger partial charge >= 0.3 is 0 Å². The molecule has 1 aliphatic carbocycles. The topological polar surface area (TPSA) is 52.4 Å². The molecule has 1 saturated heterocycles. The van der Waals surface area contributed by atoms with E-state index in [-0.39, 0.29) is 11.0 Å². The van der Waals surface area contributed by atoms with E-state index in [2.05, 4.69) is 0 Å². The first-order valence-electron chi connectivity index (χ1n) is 3.83. The minimum atomic E-state index is -0.320. The van der Waals surface area contributed by atoms with E-state index in [1.54, 1.807) is 0 Å². The molecule has 1 radical (unpaired) electrons. The van der Waals surface area contributed by atoms with Crippen LogP contribution in [0.3, 0.4) is 0 Å². The lowest BCUT2D eigenvalue weighted by Crippen LogP contribution is -2.16. The standard InChI is InChI=1S/C7H10NO3/c9-8(10)7-1-5-3-11-4-6(5)2-7/h5,7H,1-4H2. The van der Waals surface area contributed by atoms with Crippen LogP contribution in [0, 0.1) is 22.0 Å². The molecule has 1 aliphatic heterocycles. The third-order valence-electron chi connectivity index (χ3n) is 2.54. The molecular weight excluding hydrogens is 146 g/mol. The van der Waals surface area contributed by atoms with Crippen molar-refractivity contribution in [2.24, 2.45) is 5.92 Å². The van der Waals surface area contributed by atoms with E-state index >= 15 is 0 Å². The van der Waals surface area contributed by atoms with E-state index in [9.17, 15) is 10.1 Å². The molecule has 0 N–H and O–H groups in total. The van der Waals surface area contributed by atoms with Gasteiger partial charge in [0.1, 0.15) is 0 Å². The van der Waals surface area contributed by atoms with Crippen molar-refractivity contribution in [1.29, 1.82) is 0 Å². The Labute approximate surface area is 64.7 Å². The fraction of sp³-hybridized carbons (Fsp3) is 0.857. The summed E-state index contributed by atoms with van der Waals surface area (Å²) in [6, 6.07) is -0.320. The molecule has 0 aromatic carbocycles. The molecule has 4 nitrogen and oxygen atoms in total. The maximum atomic E-state index is 10.4. The highest BCUT2D eigenvalue weighted by Crippen LogP contribution is 2.39. The lowest BCUT2D eigenvalue weighted by molar-refractivity contribution is -0.521. The zero-order valence-corrected chi connectivity index (χ0v) is 6.16. The number of rotatable bonds is 1. The molecule has 2 aliphatic rings. The van der Waals surface area contributed by atoms with Crippen LogP contribution in [-0.2, 0) is 4.74 Å². The lowest BCUT2D eigenvalue weighted by atomic mass is 10.0. The highest BCUT2D eigenvalue weighted by molar-refractivity contribution is 5.08. The number of ether oxygens (including phenoxy) is 1. The van der Waals surface area contributed by atoms with Crippen LogP contribution in [0.2, 0.25) is 0 Å². The van der Waals surface area contributed by atoms with Gasteiger partial charge in [-0.1, -0.05) is 0 Å². The van der Waals surface area contributed by atoms with E-state index in [0.717, 1.165) is 0 Å². The van der Waals surface area contributed by atoms with Gasteiger partial charge in [0.2, 0.25) is 6.04 Å². The first-order chi connectivity index (χ1) is 5.27. The summed E-state index contributed by atoms with van der Waals surface area (Å²) < 4.78 is 5.18. The molecular formula is C7H10NO3. The Morgan fingerprint density at radius 1 is 1.64 bits per heavy atom. The first-order valence-corrected chi connectivity index (χ1v) is 3.83. The quantitative estimate of drug-likeness (QED) is 0.413. The number of fused-ring (bicyclic) bond motifs is 1. The predicted molar refractivity (Wildman–Crippen MR) is 37.6 cm³/mol. The molecule has 0 aromatic rings. The summed E-state index contributed by atoms with van der Waals surface area (Å²) >= 11 is 0. The van der Waals surface area contributed by atoms with Crippen molar-refractivity contribution in [2.45, 2.75) is 18.9 Å². The van der Waals surface area contributed by atoms with E-state index < -0.39 is 0 Å². The zero-order valence-electron chi connectivity index (χ0n) is 6.16. The lowest BCUT2D eigenvalue weighted by Gasteiger charge is -2.00. The summed E-state index contributed by atoms with van der Waals surface area (Å²) in [6.45, 7) is 1.37. The highest BCUT2D eigenvalue weighted by atomic mass is 16.6. The molecule has 61 valence electrons. The van der Waals surface area contributed by atoms with Crippen molar-refractivity contribution in [1.82, 2.24) is 0 Å². The van der Waals surface area contributed by atoms with Gasteiger partial charge < -0.3 is 4.74 Å². The SMILES string of the molecule is O=[N+]([O-])C1C[C]2COCC2C1. The van der Waals surface area contributed by atoms with Crippen molar-refractivity contribution >= 4 is 0 Å². The third-order valence-corrected chi connectivity index (χ3v) is 2.54. The molecule has 0 bridgehead atoms. The van der Waals surface area contributed by atoms with Gasteiger partial charge in [-0.15, -0.1) is 0 Å². The van der Waals surface area contributed by atoms with Gasteiger partial charge in [-0.25, -0.2) is 0 Å². The van der Waals surface area contributed by atoms with Crippen LogP contribution in [0.1, 0.15) is 12.8 Å². The third kappa shape index (κ3) is 1.11. The zero-order chi connectivity index (χ0) is 7.84. The summed E-state index contributed by atoms with van der Waals surface area (Å²) in [5.41, 5.74) is 0. The predicted octanol–water partition coefficient (Wildman–Crippen LogP) is 0.646. The minimum Gasteiger partial charge on any atom is -0.381 e. The van der Waals surface area contributed by atoms with Gasteiger partial charge in [0.25, 0.3) is 0 Å². The molecule has 11 heavy (non-hydrogen) atoms. The number of nitrogens with zero attached hydrogens (tertiary/aromatic N) is 1. The maximum Gasteiger partial charge on any atom is 0.214 e. The van der Waals surface area contributed by atoms with Crippen molar-refractivity contribution in [3.63, 3.8) is 0 Å². The normalized spacial score (nSPS) is 37.5. The van der Waals surface area contributed by atoms with E-state index in [1.165, 1.54) is 5.92 Å². The summed E-state index contributed by atoms with van der Waals surface area (Å²) in [4.78, 5) is 10.2. The molecule has 0 spiro atoms. The van der Waals surface area contributed by atoms with Crippen LogP contribution in [-0.4, -0.2) is 24.2 Å². The average molecular weight is 156 g/mol. The van der Waals surface area contributed by atoms with Crippen LogP contribution in [0.5, 0.6) is 0 Å². The molecule has 1 saturated carbocycles. The Kier molecular flexibility index (Phi) is 1.56. The average Bonchev–Trinajstić information content (AvgIpc) is 2.40. The van der Waals surface area contributed by atoms with E-state index in [1.807, 2.05) is 0 Å². The monoisotopic (exact) mass is 156 g/mol. The van der Waals surface area contributed by atoms with Gasteiger partial charge in [-0.05, 0) is 5.92 Å². The largest absolute Gasteiger partial charge is 0.381 e. The minimum absolute atomic E-state index is 0.161. The summed E-state index contributed by atoms with van der Waals surface area (Å²) in [6.07, 6.45) is 1.35. The molecule has 1 heterocycles. The fourth-order valence-electron chi connectivity index (χ4n) is 1.90. The van der Waals surface area contributed by atoms with Crippen molar-refractivity contribution in [3.05, 3.63) is 16.0 Å². The van der Waals surface area contributed by atoms with Crippen LogP contribution in [0.25, 0.3) is 0 Å². The van der Waals surface area contributed by atoms with Crippen LogP contribution in [0.4, 0.5) is 0 Å². The Balaban J connectivity index is 1.99. The molecule has 4 heteroatoms. The van der Waals surface area contributed by atoms with Gasteiger partial charge in [0.05, 0.1) is 13.2 Å². The Bertz CT molecular complexity index is 171. The van der Waals surface area contributed by atoms with E-state index in [0.29, 0.717) is 32.0 Å². The second-order valence-corrected chi connectivity index (χ2v) is 3.25. The number of hydrogen-bond donors (Lipinski definition) is 0. The van der Waals surface area contributed by atoms with Crippen molar-refractivity contribution in [2.75, 3.05) is 13.2 Å². The Hall–Kier alpha value is -0.640. The highest BCUT2D eigenvalue weighted by Gasteiger charge is 2.44.